The van der Waals surface area contributed by atoms with Crippen molar-refractivity contribution in [2.75, 3.05) is 4.31 Å². The summed E-state index contributed by atoms with van der Waals surface area (Å²) in [6, 6.07) is 25.5. The molecule has 1 aromatic heterocycles. The first-order valence-corrected chi connectivity index (χ1v) is 11.4. The Labute approximate surface area is 186 Å². The van der Waals surface area contributed by atoms with Crippen molar-refractivity contribution < 1.29 is 17.9 Å². The Kier molecular flexibility index (Phi) is 5.20. The van der Waals surface area contributed by atoms with Crippen LogP contribution in [0.5, 0.6) is 17.5 Å². The van der Waals surface area contributed by atoms with Gasteiger partial charge >= 0.3 is 6.01 Å². The average molecular weight is 446 g/mol. The minimum Gasteiger partial charge on any atom is -0.489 e. The number of sulfonamides is 1. The molecule has 2 heterocycles. The Balaban J connectivity index is 1.29. The van der Waals surface area contributed by atoms with Crippen molar-refractivity contribution in [2.45, 2.75) is 18.0 Å². The summed E-state index contributed by atoms with van der Waals surface area (Å²) in [5.41, 5.74) is 1.82. The normalized spacial score (nSPS) is 14.1. The Hall–Kier alpha value is -3.91. The quantitative estimate of drug-likeness (QED) is 0.433. The van der Waals surface area contributed by atoms with Crippen molar-refractivity contribution in [1.82, 2.24) is 9.97 Å². The van der Waals surface area contributed by atoms with Gasteiger partial charge in [-0.05, 0) is 41.5 Å². The molecule has 0 unspecified atom stereocenters. The standard InChI is InChI=1S/C24H19N3O4S/c28-32(29)22-9-5-4-8-19(22)16-27(32)23-14-15-25-24(26-23)31-21-12-10-20(11-13-21)30-17-18-6-2-1-3-7-18/h1-15H,16-17H2. The van der Waals surface area contributed by atoms with Crippen LogP contribution in [0.4, 0.5) is 5.82 Å². The highest BCUT2D eigenvalue weighted by molar-refractivity contribution is 7.93. The minimum atomic E-state index is -3.65. The zero-order chi connectivity index (χ0) is 22.0. The number of nitrogens with zero attached hydrogens (tertiary/aromatic N) is 3. The van der Waals surface area contributed by atoms with Crippen molar-refractivity contribution in [2.24, 2.45) is 0 Å². The highest BCUT2D eigenvalue weighted by Crippen LogP contribution is 2.34. The largest absolute Gasteiger partial charge is 0.489 e. The summed E-state index contributed by atoms with van der Waals surface area (Å²) in [5, 5.41) is 0. The lowest BCUT2D eigenvalue weighted by atomic mass is 10.2. The molecule has 0 amide bonds. The number of hydrogen-bond acceptors (Lipinski definition) is 6. The molecular weight excluding hydrogens is 426 g/mol. The molecule has 0 atom stereocenters. The molecular formula is C24H19N3O4S. The molecule has 0 N–H and O–H groups in total. The van der Waals surface area contributed by atoms with E-state index in [0.29, 0.717) is 23.0 Å². The summed E-state index contributed by atoms with van der Waals surface area (Å²) >= 11 is 0. The number of aromatic nitrogens is 2. The molecule has 4 aromatic rings. The van der Waals surface area contributed by atoms with Crippen LogP contribution in [0.2, 0.25) is 0 Å². The van der Waals surface area contributed by atoms with E-state index in [0.717, 1.165) is 11.1 Å². The van der Waals surface area contributed by atoms with Crippen molar-refractivity contribution in [3.8, 4) is 17.5 Å². The minimum absolute atomic E-state index is 0.0617. The molecule has 160 valence electrons. The van der Waals surface area contributed by atoms with Crippen LogP contribution in [-0.4, -0.2) is 18.4 Å². The summed E-state index contributed by atoms with van der Waals surface area (Å²) in [6.45, 7) is 0.696. The first-order chi connectivity index (χ1) is 15.6. The molecule has 0 radical (unpaired) electrons. The van der Waals surface area contributed by atoms with Crippen molar-refractivity contribution in [3.63, 3.8) is 0 Å². The monoisotopic (exact) mass is 445 g/mol. The van der Waals surface area contributed by atoms with Gasteiger partial charge in [-0.25, -0.2) is 17.7 Å². The fourth-order valence-electron chi connectivity index (χ4n) is 3.42. The van der Waals surface area contributed by atoms with Gasteiger partial charge in [-0.3, -0.25) is 0 Å². The second-order valence-electron chi connectivity index (χ2n) is 7.16. The van der Waals surface area contributed by atoms with E-state index < -0.39 is 10.0 Å². The molecule has 0 fully saturated rings. The number of benzene rings is 3. The van der Waals surface area contributed by atoms with Crippen molar-refractivity contribution in [3.05, 3.63) is 102 Å². The van der Waals surface area contributed by atoms with Crippen LogP contribution in [0, 0.1) is 0 Å². The van der Waals surface area contributed by atoms with E-state index in [2.05, 4.69) is 9.97 Å². The summed E-state index contributed by atoms with van der Waals surface area (Å²) < 4.78 is 38.5. The highest BCUT2D eigenvalue weighted by atomic mass is 32.2. The van der Waals surface area contributed by atoms with Gasteiger partial charge in [0.2, 0.25) is 0 Å². The molecule has 32 heavy (non-hydrogen) atoms. The van der Waals surface area contributed by atoms with Gasteiger partial charge in [-0.15, -0.1) is 0 Å². The Bertz CT molecular complexity index is 1340. The molecule has 0 saturated heterocycles. The summed E-state index contributed by atoms with van der Waals surface area (Å²) in [7, 11) is -3.65. The van der Waals surface area contributed by atoms with Gasteiger partial charge < -0.3 is 9.47 Å². The predicted octanol–water partition coefficient (Wildman–Crippen LogP) is 4.56. The van der Waals surface area contributed by atoms with Gasteiger partial charge in [0.15, 0.2) is 0 Å². The molecule has 1 aliphatic rings. The van der Waals surface area contributed by atoms with E-state index in [1.54, 1.807) is 48.5 Å². The first kappa shape index (κ1) is 20.0. The van der Waals surface area contributed by atoms with Crippen LogP contribution in [0.3, 0.4) is 0 Å². The first-order valence-electron chi connectivity index (χ1n) is 9.98. The number of rotatable bonds is 6. The number of ether oxygens (including phenoxy) is 2. The van der Waals surface area contributed by atoms with E-state index in [-0.39, 0.29) is 18.4 Å². The maximum atomic E-state index is 12.9. The SMILES string of the molecule is O=S1(=O)c2ccccc2CN1c1ccnc(Oc2ccc(OCc3ccccc3)cc2)n1. The Morgan fingerprint density at radius 2 is 1.56 bits per heavy atom. The molecule has 5 rings (SSSR count). The Morgan fingerprint density at radius 3 is 2.34 bits per heavy atom. The van der Waals surface area contributed by atoms with E-state index >= 15 is 0 Å². The highest BCUT2D eigenvalue weighted by Gasteiger charge is 2.35. The van der Waals surface area contributed by atoms with Crippen LogP contribution in [-0.2, 0) is 23.2 Å². The van der Waals surface area contributed by atoms with E-state index in [9.17, 15) is 8.42 Å². The van der Waals surface area contributed by atoms with E-state index in [1.807, 2.05) is 36.4 Å². The van der Waals surface area contributed by atoms with Crippen molar-refractivity contribution in [1.29, 1.82) is 0 Å². The summed E-state index contributed by atoms with van der Waals surface area (Å²) in [4.78, 5) is 8.72. The second-order valence-corrected chi connectivity index (χ2v) is 9.00. The fourth-order valence-corrected chi connectivity index (χ4v) is 5.03. The van der Waals surface area contributed by atoms with Crippen LogP contribution in [0.25, 0.3) is 0 Å². The van der Waals surface area contributed by atoms with Gasteiger partial charge in [0, 0.05) is 12.3 Å². The summed E-state index contributed by atoms with van der Waals surface area (Å²) in [6.07, 6.45) is 1.48. The van der Waals surface area contributed by atoms with Gasteiger partial charge in [0.1, 0.15) is 23.9 Å². The zero-order valence-electron chi connectivity index (χ0n) is 17.0. The van der Waals surface area contributed by atoms with E-state index in [4.69, 9.17) is 9.47 Å². The molecule has 7 nitrogen and oxygen atoms in total. The predicted molar refractivity (Wildman–Crippen MR) is 119 cm³/mol. The van der Waals surface area contributed by atoms with Gasteiger partial charge in [0.25, 0.3) is 10.0 Å². The lowest BCUT2D eigenvalue weighted by molar-refractivity contribution is 0.305. The second kappa shape index (κ2) is 8.32. The smallest absolute Gasteiger partial charge is 0.323 e. The molecule has 0 aliphatic carbocycles. The van der Waals surface area contributed by atoms with Crippen LogP contribution >= 0.6 is 0 Å². The van der Waals surface area contributed by atoms with Gasteiger partial charge in [-0.1, -0.05) is 48.5 Å². The third kappa shape index (κ3) is 4.00. The van der Waals surface area contributed by atoms with Crippen LogP contribution in [0.15, 0.2) is 96.0 Å². The van der Waals surface area contributed by atoms with Crippen LogP contribution < -0.4 is 13.8 Å². The molecule has 0 bridgehead atoms. The number of fused-ring (bicyclic) bond motifs is 1. The number of hydrogen-bond donors (Lipinski definition) is 0. The third-order valence-corrected chi connectivity index (χ3v) is 6.86. The average Bonchev–Trinajstić information content (AvgIpc) is 3.10. The molecule has 0 saturated carbocycles. The third-order valence-electron chi connectivity index (χ3n) is 5.01. The lowest BCUT2D eigenvalue weighted by Gasteiger charge is -2.16. The molecule has 0 spiro atoms. The van der Waals surface area contributed by atoms with Crippen LogP contribution in [0.1, 0.15) is 11.1 Å². The van der Waals surface area contributed by atoms with E-state index in [1.165, 1.54) is 10.5 Å². The maximum absolute atomic E-state index is 12.9. The Morgan fingerprint density at radius 1 is 0.844 bits per heavy atom. The molecule has 8 heteroatoms. The maximum Gasteiger partial charge on any atom is 0.323 e. The summed E-state index contributed by atoms with van der Waals surface area (Å²) in [5.74, 6) is 1.48. The topological polar surface area (TPSA) is 81.6 Å². The van der Waals surface area contributed by atoms with Gasteiger partial charge in [-0.2, -0.15) is 4.98 Å². The molecule has 3 aromatic carbocycles. The number of anilines is 1. The zero-order valence-corrected chi connectivity index (χ0v) is 17.8. The fraction of sp³-hybridized carbons (Fsp3) is 0.0833. The molecule has 1 aliphatic heterocycles. The van der Waals surface area contributed by atoms with Crippen molar-refractivity contribution >= 4 is 15.8 Å². The van der Waals surface area contributed by atoms with Gasteiger partial charge in [0.05, 0.1) is 11.4 Å². The lowest BCUT2D eigenvalue weighted by Crippen LogP contribution is -2.24.